The average molecular weight is 524 g/mol. The molecule has 1 heterocycles. The van der Waals surface area contributed by atoms with Crippen molar-refractivity contribution in [2.45, 2.75) is 18.9 Å². The molecule has 1 aliphatic heterocycles. The number of hydrogen-bond acceptors (Lipinski definition) is 5. The van der Waals surface area contributed by atoms with Gasteiger partial charge in [-0.05, 0) is 66.7 Å². The molecular weight excluding hydrogens is 498 g/mol. The van der Waals surface area contributed by atoms with Crippen LogP contribution in [0.15, 0.2) is 72.8 Å². The van der Waals surface area contributed by atoms with Gasteiger partial charge in [0, 0.05) is 17.3 Å². The predicted molar refractivity (Wildman–Crippen MR) is 145 cm³/mol. The first-order valence-corrected chi connectivity index (χ1v) is 12.2. The minimum Gasteiger partial charge on any atom is -0.493 e. The van der Waals surface area contributed by atoms with Crippen molar-refractivity contribution in [1.82, 2.24) is 4.90 Å². The van der Waals surface area contributed by atoms with Gasteiger partial charge in [0.1, 0.15) is 6.04 Å². The third kappa shape index (κ3) is 5.61. The van der Waals surface area contributed by atoms with Crippen molar-refractivity contribution in [1.29, 1.82) is 0 Å². The van der Waals surface area contributed by atoms with Crippen molar-refractivity contribution in [3.8, 4) is 11.5 Å². The lowest BCUT2D eigenvalue weighted by atomic mass is 10.1. The molecule has 0 saturated carbocycles. The van der Waals surface area contributed by atoms with Gasteiger partial charge in [-0.15, -0.1) is 0 Å². The Morgan fingerprint density at radius 1 is 1.00 bits per heavy atom. The molecule has 1 atom stereocenters. The Morgan fingerprint density at radius 2 is 1.75 bits per heavy atom. The van der Waals surface area contributed by atoms with Crippen molar-refractivity contribution in [3.63, 3.8) is 0 Å². The lowest BCUT2D eigenvalue weighted by Crippen LogP contribution is -2.39. The van der Waals surface area contributed by atoms with Gasteiger partial charge in [-0.1, -0.05) is 41.9 Å². The summed E-state index contributed by atoms with van der Waals surface area (Å²) in [5.74, 6) is 0.717. The number of rotatable bonds is 9. The minimum absolute atomic E-state index is 0.0448. The Hall–Kier alpha value is -3.62. The van der Waals surface area contributed by atoms with E-state index in [0.29, 0.717) is 46.0 Å². The summed E-state index contributed by atoms with van der Waals surface area (Å²) in [5.41, 5.74) is 2.22. The van der Waals surface area contributed by atoms with E-state index >= 15 is 0 Å². The van der Waals surface area contributed by atoms with E-state index in [1.165, 1.54) is 4.90 Å². The SMILES string of the molecule is COc1ccc(CCN2C(=S)N(c3cccc(Cl)c3)C(=O)C2CC(=O)Nc2ccccc2)cc1OC. The van der Waals surface area contributed by atoms with E-state index in [-0.39, 0.29) is 18.2 Å². The van der Waals surface area contributed by atoms with Crippen molar-refractivity contribution >= 4 is 52.1 Å². The highest BCUT2D eigenvalue weighted by atomic mass is 35.5. The van der Waals surface area contributed by atoms with Gasteiger partial charge in [0.2, 0.25) is 5.91 Å². The fourth-order valence-corrected chi connectivity index (χ4v) is 4.73. The van der Waals surface area contributed by atoms with E-state index < -0.39 is 6.04 Å². The molecule has 3 aromatic rings. The molecule has 1 fully saturated rings. The number of hydrogen-bond donors (Lipinski definition) is 1. The molecule has 0 spiro atoms. The number of halogens is 1. The number of carbonyl (C=O) groups excluding carboxylic acids is 2. The standard InChI is InChI=1S/C27H26ClN3O4S/c1-34-23-12-11-18(15-24(23)35-2)13-14-30-22(17-25(32)29-20-8-4-3-5-9-20)26(33)31(27(30)36)21-10-6-7-19(28)16-21/h3-12,15-16,22H,13-14,17H2,1-2H3,(H,29,32). The van der Waals surface area contributed by atoms with Gasteiger partial charge in [0.15, 0.2) is 16.6 Å². The van der Waals surface area contributed by atoms with Crippen LogP contribution in [-0.2, 0) is 16.0 Å². The summed E-state index contributed by atoms with van der Waals surface area (Å²) < 4.78 is 10.7. The number of anilines is 2. The van der Waals surface area contributed by atoms with Crippen LogP contribution < -0.4 is 19.7 Å². The molecule has 9 heteroatoms. The number of benzene rings is 3. The second-order valence-corrected chi connectivity index (χ2v) is 9.00. The maximum Gasteiger partial charge on any atom is 0.256 e. The largest absolute Gasteiger partial charge is 0.493 e. The van der Waals surface area contributed by atoms with Crippen molar-refractivity contribution in [2.24, 2.45) is 0 Å². The van der Waals surface area contributed by atoms with Crippen LogP contribution in [0.4, 0.5) is 11.4 Å². The summed E-state index contributed by atoms with van der Waals surface area (Å²) in [6, 6.07) is 21.0. The number of nitrogens with one attached hydrogen (secondary N) is 1. The van der Waals surface area contributed by atoms with E-state index in [0.717, 1.165) is 5.56 Å². The second kappa shape index (κ2) is 11.4. The maximum atomic E-state index is 13.6. The summed E-state index contributed by atoms with van der Waals surface area (Å²) in [4.78, 5) is 29.7. The third-order valence-corrected chi connectivity index (χ3v) is 6.56. The van der Waals surface area contributed by atoms with Gasteiger partial charge < -0.3 is 19.7 Å². The van der Waals surface area contributed by atoms with E-state index in [9.17, 15) is 9.59 Å². The number of nitrogens with zero attached hydrogens (tertiary/aromatic N) is 2. The van der Waals surface area contributed by atoms with E-state index in [2.05, 4.69) is 5.32 Å². The Balaban J connectivity index is 1.57. The van der Waals surface area contributed by atoms with Crippen molar-refractivity contribution in [2.75, 3.05) is 31.0 Å². The van der Waals surface area contributed by atoms with Crippen LogP contribution in [0.2, 0.25) is 5.02 Å². The molecule has 186 valence electrons. The minimum atomic E-state index is -0.750. The molecular formula is C27H26ClN3O4S. The van der Waals surface area contributed by atoms with Gasteiger partial charge >= 0.3 is 0 Å². The summed E-state index contributed by atoms with van der Waals surface area (Å²) in [5, 5.41) is 3.68. The Labute approximate surface area is 220 Å². The molecule has 36 heavy (non-hydrogen) atoms. The highest BCUT2D eigenvalue weighted by Crippen LogP contribution is 2.31. The zero-order chi connectivity index (χ0) is 25.7. The highest BCUT2D eigenvalue weighted by molar-refractivity contribution is 7.80. The molecule has 1 N–H and O–H groups in total. The predicted octanol–water partition coefficient (Wildman–Crippen LogP) is 4.93. The molecule has 0 aromatic heterocycles. The molecule has 3 aromatic carbocycles. The van der Waals surface area contributed by atoms with Gasteiger partial charge in [0.05, 0.1) is 26.3 Å². The van der Waals surface area contributed by atoms with Crippen LogP contribution in [0.3, 0.4) is 0 Å². The fourth-order valence-electron chi connectivity index (χ4n) is 4.14. The monoisotopic (exact) mass is 523 g/mol. The zero-order valence-electron chi connectivity index (χ0n) is 19.9. The molecule has 2 amide bonds. The van der Waals surface area contributed by atoms with Crippen molar-refractivity contribution in [3.05, 3.63) is 83.4 Å². The summed E-state index contributed by atoms with van der Waals surface area (Å²) >= 11 is 11.9. The lowest BCUT2D eigenvalue weighted by Gasteiger charge is -2.24. The normalized spacial score (nSPS) is 15.2. The molecule has 0 aliphatic carbocycles. The van der Waals surface area contributed by atoms with Crippen LogP contribution in [0, 0.1) is 0 Å². The van der Waals surface area contributed by atoms with E-state index in [4.69, 9.17) is 33.3 Å². The summed E-state index contributed by atoms with van der Waals surface area (Å²) in [6.07, 6.45) is 0.533. The molecule has 0 radical (unpaired) electrons. The molecule has 4 rings (SSSR count). The first-order valence-electron chi connectivity index (χ1n) is 11.4. The summed E-state index contributed by atoms with van der Waals surface area (Å²) in [7, 11) is 3.17. The zero-order valence-corrected chi connectivity index (χ0v) is 21.5. The topological polar surface area (TPSA) is 71.1 Å². The number of para-hydroxylation sites is 1. The van der Waals surface area contributed by atoms with Gasteiger partial charge in [0.25, 0.3) is 5.91 Å². The Bertz CT molecular complexity index is 1270. The van der Waals surface area contributed by atoms with Gasteiger partial charge in [-0.25, -0.2) is 0 Å². The highest BCUT2D eigenvalue weighted by Gasteiger charge is 2.44. The molecule has 1 aliphatic rings. The molecule has 1 unspecified atom stereocenters. The van der Waals surface area contributed by atoms with Crippen molar-refractivity contribution < 1.29 is 19.1 Å². The third-order valence-electron chi connectivity index (χ3n) is 5.91. The smallest absolute Gasteiger partial charge is 0.256 e. The maximum absolute atomic E-state index is 13.6. The van der Waals surface area contributed by atoms with Crippen LogP contribution in [0.5, 0.6) is 11.5 Å². The van der Waals surface area contributed by atoms with E-state index in [1.807, 2.05) is 36.4 Å². The number of carbonyl (C=O) groups is 2. The van der Waals surface area contributed by atoms with Crippen LogP contribution in [0.25, 0.3) is 0 Å². The van der Waals surface area contributed by atoms with E-state index in [1.54, 1.807) is 55.5 Å². The lowest BCUT2D eigenvalue weighted by molar-refractivity contribution is -0.124. The fraction of sp³-hybridized carbons (Fsp3) is 0.222. The van der Waals surface area contributed by atoms with Gasteiger partial charge in [-0.2, -0.15) is 0 Å². The second-order valence-electron chi connectivity index (χ2n) is 8.20. The first-order chi connectivity index (χ1) is 17.4. The molecule has 0 bridgehead atoms. The molecule has 1 saturated heterocycles. The summed E-state index contributed by atoms with van der Waals surface area (Å²) in [6.45, 7) is 0.431. The number of methoxy groups -OCH3 is 2. The van der Waals surface area contributed by atoms with Gasteiger partial charge in [-0.3, -0.25) is 14.5 Å². The van der Waals surface area contributed by atoms with Crippen LogP contribution >= 0.6 is 23.8 Å². The number of amides is 2. The van der Waals surface area contributed by atoms with Crippen LogP contribution in [0.1, 0.15) is 12.0 Å². The molecule has 7 nitrogen and oxygen atoms in total. The Kier molecular flexibility index (Phi) is 8.07. The Morgan fingerprint density at radius 3 is 2.44 bits per heavy atom. The first kappa shape index (κ1) is 25.5. The quantitative estimate of drug-likeness (QED) is 0.401. The number of thiocarbonyl (C=S) groups is 1. The van der Waals surface area contributed by atoms with Crippen LogP contribution in [-0.4, -0.2) is 48.6 Å². The number of ether oxygens (including phenoxy) is 2. The average Bonchev–Trinajstić information content (AvgIpc) is 3.11.